The van der Waals surface area contributed by atoms with Crippen LogP contribution in [-0.2, 0) is 10.0 Å². The number of aliphatic hydroxyl groups excluding tert-OH is 1. The highest BCUT2D eigenvalue weighted by atomic mass is 32.2. The van der Waals surface area contributed by atoms with E-state index < -0.39 is 26.8 Å². The predicted octanol–water partition coefficient (Wildman–Crippen LogP) is 1.70. The number of nitrogens with two attached hydrogens (primary N) is 1. The van der Waals surface area contributed by atoms with Crippen molar-refractivity contribution in [2.24, 2.45) is 0 Å². The van der Waals surface area contributed by atoms with Gasteiger partial charge in [0.1, 0.15) is 10.7 Å². The maximum atomic E-state index is 14.4. The van der Waals surface area contributed by atoms with Crippen molar-refractivity contribution in [3.05, 3.63) is 42.6 Å². The average molecular weight is 405 g/mol. The summed E-state index contributed by atoms with van der Waals surface area (Å²) in [6.07, 6.45) is 6.36. The third-order valence-electron chi connectivity index (χ3n) is 4.99. The van der Waals surface area contributed by atoms with Gasteiger partial charge < -0.3 is 10.8 Å². The number of anilines is 1. The zero-order chi connectivity index (χ0) is 19.9. The van der Waals surface area contributed by atoms with E-state index in [4.69, 9.17) is 5.73 Å². The van der Waals surface area contributed by atoms with E-state index in [9.17, 15) is 17.9 Å². The molecule has 4 N–H and O–H groups in total. The molecule has 2 heterocycles. The van der Waals surface area contributed by atoms with Crippen LogP contribution in [-0.4, -0.2) is 40.0 Å². The largest absolute Gasteiger partial charge is 0.393 e. The van der Waals surface area contributed by atoms with Crippen molar-refractivity contribution in [3.8, 4) is 11.3 Å². The van der Waals surface area contributed by atoms with E-state index in [0.29, 0.717) is 42.6 Å². The van der Waals surface area contributed by atoms with Crippen LogP contribution in [0.3, 0.4) is 0 Å². The minimum absolute atomic E-state index is 0.241. The molecule has 1 fully saturated rings. The second-order valence-electron chi connectivity index (χ2n) is 6.92. The maximum Gasteiger partial charge on any atom is 0.243 e. The summed E-state index contributed by atoms with van der Waals surface area (Å²) in [5.74, 6) is -0.591. The second kappa shape index (κ2) is 7.12. The Balaban J connectivity index is 1.69. The lowest BCUT2D eigenvalue weighted by atomic mass is 9.94. The summed E-state index contributed by atoms with van der Waals surface area (Å²) >= 11 is 0. The molecule has 1 aliphatic carbocycles. The van der Waals surface area contributed by atoms with Gasteiger partial charge in [-0.25, -0.2) is 27.5 Å². The van der Waals surface area contributed by atoms with Crippen LogP contribution in [0.5, 0.6) is 0 Å². The monoisotopic (exact) mass is 405 g/mol. The number of aromatic nitrogens is 3. The first-order chi connectivity index (χ1) is 13.3. The van der Waals surface area contributed by atoms with E-state index in [0.717, 1.165) is 6.07 Å². The highest BCUT2D eigenvalue weighted by molar-refractivity contribution is 7.89. The number of rotatable bonds is 4. The summed E-state index contributed by atoms with van der Waals surface area (Å²) in [6.45, 7) is 0. The smallest absolute Gasteiger partial charge is 0.243 e. The highest BCUT2D eigenvalue weighted by Crippen LogP contribution is 2.27. The van der Waals surface area contributed by atoms with Crippen LogP contribution in [0.4, 0.5) is 10.2 Å². The lowest BCUT2D eigenvalue weighted by molar-refractivity contribution is 0.120. The fourth-order valence-electron chi connectivity index (χ4n) is 3.50. The van der Waals surface area contributed by atoms with E-state index in [1.54, 1.807) is 10.6 Å². The van der Waals surface area contributed by atoms with E-state index >= 15 is 0 Å². The lowest BCUT2D eigenvalue weighted by Gasteiger charge is -2.26. The first kappa shape index (κ1) is 18.8. The normalized spacial score (nSPS) is 20.5. The summed E-state index contributed by atoms with van der Waals surface area (Å²) < 4.78 is 44.2. The van der Waals surface area contributed by atoms with Crippen molar-refractivity contribution in [3.63, 3.8) is 0 Å². The van der Waals surface area contributed by atoms with Crippen LogP contribution in [0, 0.1) is 5.82 Å². The van der Waals surface area contributed by atoms with Gasteiger partial charge in [0.25, 0.3) is 0 Å². The van der Waals surface area contributed by atoms with Crippen LogP contribution < -0.4 is 10.5 Å². The lowest BCUT2D eigenvalue weighted by Crippen LogP contribution is -2.38. The highest BCUT2D eigenvalue weighted by Gasteiger charge is 2.27. The average Bonchev–Trinajstić information content (AvgIpc) is 3.09. The molecule has 2 aromatic heterocycles. The molecule has 0 aliphatic heterocycles. The number of benzene rings is 1. The fourth-order valence-corrected chi connectivity index (χ4v) is 4.91. The van der Waals surface area contributed by atoms with Crippen molar-refractivity contribution in [2.75, 3.05) is 5.73 Å². The van der Waals surface area contributed by atoms with Crippen LogP contribution in [0.1, 0.15) is 25.7 Å². The van der Waals surface area contributed by atoms with E-state index in [1.807, 2.05) is 0 Å². The summed E-state index contributed by atoms with van der Waals surface area (Å²) in [7, 11) is -4.06. The molecule has 1 aromatic carbocycles. The van der Waals surface area contributed by atoms with Gasteiger partial charge in [0, 0.05) is 24.0 Å². The number of nitrogen functional groups attached to an aromatic ring is 1. The Hall–Kier alpha value is -2.56. The third-order valence-corrected chi connectivity index (χ3v) is 6.53. The van der Waals surface area contributed by atoms with Gasteiger partial charge in [-0.3, -0.25) is 4.40 Å². The third kappa shape index (κ3) is 3.46. The molecule has 8 nitrogen and oxygen atoms in total. The predicted molar refractivity (Wildman–Crippen MR) is 101 cm³/mol. The molecule has 0 atom stereocenters. The quantitative estimate of drug-likeness (QED) is 0.607. The first-order valence-electron chi connectivity index (χ1n) is 8.93. The second-order valence-corrected chi connectivity index (χ2v) is 8.60. The number of fused-ring (bicyclic) bond motifs is 1. The molecule has 0 spiro atoms. The molecular weight excluding hydrogens is 385 g/mol. The minimum Gasteiger partial charge on any atom is -0.393 e. The SMILES string of the molecule is Nc1nccn2c(-c3ccc(F)c(S(=O)(=O)NC4CCC(O)CC4)c3)cnc12. The van der Waals surface area contributed by atoms with Crippen molar-refractivity contribution in [1.82, 2.24) is 19.1 Å². The van der Waals surface area contributed by atoms with Gasteiger partial charge >= 0.3 is 0 Å². The molecule has 3 aromatic rings. The standard InChI is InChI=1S/C18H20FN5O3S/c19-14-6-1-11(15-10-22-18-17(20)21-7-8-24(15)18)9-16(14)28(26,27)23-12-2-4-13(25)5-3-12/h1,6-10,12-13,23,25H,2-5H2,(H2,20,21). The van der Waals surface area contributed by atoms with Crippen LogP contribution in [0.2, 0.25) is 0 Å². The molecule has 10 heteroatoms. The summed E-state index contributed by atoms with van der Waals surface area (Å²) in [6, 6.07) is 3.58. The van der Waals surface area contributed by atoms with Crippen molar-refractivity contribution in [1.29, 1.82) is 0 Å². The molecule has 4 rings (SSSR count). The number of aliphatic hydroxyl groups is 1. The van der Waals surface area contributed by atoms with Gasteiger partial charge in [-0.05, 0) is 43.9 Å². The number of nitrogens with zero attached hydrogens (tertiary/aromatic N) is 3. The molecule has 28 heavy (non-hydrogen) atoms. The number of nitrogens with one attached hydrogen (secondary N) is 1. The number of hydrogen-bond donors (Lipinski definition) is 3. The van der Waals surface area contributed by atoms with Crippen molar-refractivity contribution in [2.45, 2.75) is 42.7 Å². The van der Waals surface area contributed by atoms with E-state index in [2.05, 4.69) is 14.7 Å². The van der Waals surface area contributed by atoms with Gasteiger partial charge in [-0.1, -0.05) is 0 Å². The van der Waals surface area contributed by atoms with Crippen LogP contribution in [0.25, 0.3) is 16.9 Å². The molecule has 148 valence electrons. The molecule has 1 saturated carbocycles. The Morgan fingerprint density at radius 2 is 1.96 bits per heavy atom. The Kier molecular flexibility index (Phi) is 4.77. The number of hydrogen-bond acceptors (Lipinski definition) is 6. The van der Waals surface area contributed by atoms with Crippen LogP contribution in [0.15, 0.2) is 41.7 Å². The molecule has 0 unspecified atom stereocenters. The Morgan fingerprint density at radius 3 is 2.71 bits per heavy atom. The maximum absolute atomic E-state index is 14.4. The summed E-state index contributed by atoms with van der Waals surface area (Å²) in [5.41, 5.74) is 7.30. The topological polar surface area (TPSA) is 123 Å². The molecule has 0 radical (unpaired) electrons. The fraction of sp³-hybridized carbons (Fsp3) is 0.333. The van der Waals surface area contributed by atoms with Crippen molar-refractivity contribution < 1.29 is 17.9 Å². The molecule has 0 saturated heterocycles. The zero-order valence-electron chi connectivity index (χ0n) is 14.9. The van der Waals surface area contributed by atoms with Gasteiger partial charge in [0.2, 0.25) is 10.0 Å². The van der Waals surface area contributed by atoms with Crippen molar-refractivity contribution >= 4 is 21.5 Å². The van der Waals surface area contributed by atoms with Crippen LogP contribution >= 0.6 is 0 Å². The molecule has 0 amide bonds. The summed E-state index contributed by atoms with van der Waals surface area (Å²) in [4.78, 5) is 7.75. The molecule has 1 aliphatic rings. The number of imidazole rings is 1. The van der Waals surface area contributed by atoms with E-state index in [1.165, 1.54) is 24.5 Å². The Labute approximate surface area is 161 Å². The van der Waals surface area contributed by atoms with E-state index in [-0.39, 0.29) is 11.9 Å². The van der Waals surface area contributed by atoms with Gasteiger partial charge in [0.05, 0.1) is 18.0 Å². The Morgan fingerprint density at radius 1 is 1.21 bits per heavy atom. The molecule has 0 bridgehead atoms. The first-order valence-corrected chi connectivity index (χ1v) is 10.4. The minimum atomic E-state index is -4.06. The number of halogens is 1. The number of sulfonamides is 1. The zero-order valence-corrected chi connectivity index (χ0v) is 15.7. The summed E-state index contributed by atoms with van der Waals surface area (Å²) in [5, 5.41) is 9.58. The van der Waals surface area contributed by atoms with Gasteiger partial charge in [-0.2, -0.15) is 0 Å². The van der Waals surface area contributed by atoms with Gasteiger partial charge in [0.15, 0.2) is 11.5 Å². The Bertz CT molecular complexity index is 1120. The molecular formula is C18H20FN5O3S. The van der Waals surface area contributed by atoms with Gasteiger partial charge in [-0.15, -0.1) is 0 Å².